The first-order valence-electron chi connectivity index (χ1n) is 5.55. The second kappa shape index (κ2) is 5.63. The highest BCUT2D eigenvalue weighted by Gasteiger charge is 2.10. The second-order valence-electron chi connectivity index (χ2n) is 3.93. The fourth-order valence-corrected chi connectivity index (χ4v) is 1.87. The van der Waals surface area contributed by atoms with E-state index >= 15 is 0 Å². The quantitative estimate of drug-likeness (QED) is 0.859. The van der Waals surface area contributed by atoms with Crippen LogP contribution in [0.3, 0.4) is 0 Å². The van der Waals surface area contributed by atoms with Gasteiger partial charge in [0.25, 0.3) is 0 Å². The van der Waals surface area contributed by atoms with Crippen LogP contribution in [0.2, 0.25) is 0 Å². The van der Waals surface area contributed by atoms with Crippen LogP contribution in [-0.2, 0) is 6.54 Å². The Balaban J connectivity index is 2.08. The molecule has 0 saturated heterocycles. The van der Waals surface area contributed by atoms with Crippen molar-refractivity contribution in [2.45, 2.75) is 26.5 Å². The fourth-order valence-electron chi connectivity index (χ4n) is 1.34. The Bertz CT molecular complexity index is 500. The minimum atomic E-state index is 0.0246. The van der Waals surface area contributed by atoms with E-state index in [0.717, 1.165) is 4.88 Å². The number of thiazole rings is 1. The van der Waals surface area contributed by atoms with Crippen LogP contribution in [0, 0.1) is 0 Å². The Hall–Kier alpha value is -1.89. The number of nitrogens with zero attached hydrogens (tertiary/aromatic N) is 3. The maximum absolute atomic E-state index is 5.95. The fraction of sp³-hybridized carbons (Fsp3) is 0.364. The molecule has 0 atom stereocenters. The molecule has 6 nitrogen and oxygen atoms in total. The highest BCUT2D eigenvalue weighted by molar-refractivity contribution is 7.09. The van der Waals surface area contributed by atoms with Gasteiger partial charge in [0.2, 0.25) is 5.88 Å². The third kappa shape index (κ3) is 3.07. The van der Waals surface area contributed by atoms with Crippen LogP contribution in [0.4, 0.5) is 11.5 Å². The van der Waals surface area contributed by atoms with E-state index in [2.05, 4.69) is 20.3 Å². The molecule has 2 rings (SSSR count). The number of rotatable bonds is 5. The average Bonchev–Trinajstić information content (AvgIpc) is 2.83. The molecular weight excluding hydrogens is 250 g/mol. The molecule has 2 heterocycles. The van der Waals surface area contributed by atoms with Gasteiger partial charge in [-0.2, -0.15) is 4.98 Å². The molecule has 0 saturated carbocycles. The number of hydrogen-bond donors (Lipinski definition) is 2. The van der Waals surface area contributed by atoms with Crippen LogP contribution in [0.15, 0.2) is 18.0 Å². The summed E-state index contributed by atoms with van der Waals surface area (Å²) in [7, 11) is 0. The summed E-state index contributed by atoms with van der Waals surface area (Å²) < 4.78 is 5.50. The molecule has 0 amide bonds. The molecule has 2 aromatic rings. The first kappa shape index (κ1) is 12.6. The molecule has 0 unspecified atom stereocenters. The zero-order valence-electron chi connectivity index (χ0n) is 10.3. The van der Waals surface area contributed by atoms with Crippen LogP contribution in [0.5, 0.6) is 5.88 Å². The molecule has 0 spiro atoms. The molecule has 0 radical (unpaired) electrons. The van der Waals surface area contributed by atoms with E-state index < -0.39 is 0 Å². The molecule has 0 aliphatic heterocycles. The molecule has 0 bridgehead atoms. The van der Waals surface area contributed by atoms with E-state index in [0.29, 0.717) is 23.9 Å². The van der Waals surface area contributed by atoms with Gasteiger partial charge in [-0.25, -0.2) is 4.98 Å². The molecule has 96 valence electrons. The molecule has 0 fully saturated rings. The van der Waals surface area contributed by atoms with Gasteiger partial charge in [0.15, 0.2) is 5.82 Å². The zero-order chi connectivity index (χ0) is 13.0. The van der Waals surface area contributed by atoms with E-state index in [1.54, 1.807) is 23.0 Å². The maximum Gasteiger partial charge on any atom is 0.242 e. The topological polar surface area (TPSA) is 86.0 Å². The van der Waals surface area contributed by atoms with E-state index in [-0.39, 0.29) is 6.10 Å². The van der Waals surface area contributed by atoms with E-state index in [4.69, 9.17) is 10.5 Å². The van der Waals surface area contributed by atoms with Crippen molar-refractivity contribution in [2.24, 2.45) is 0 Å². The summed E-state index contributed by atoms with van der Waals surface area (Å²) in [5.41, 5.74) is 8.16. The zero-order valence-corrected chi connectivity index (χ0v) is 11.1. The summed E-state index contributed by atoms with van der Waals surface area (Å²) in [6.45, 7) is 4.48. The molecule has 0 aromatic carbocycles. The van der Waals surface area contributed by atoms with Gasteiger partial charge in [-0.3, -0.25) is 4.98 Å². The smallest absolute Gasteiger partial charge is 0.242 e. The molecule has 0 aliphatic rings. The summed E-state index contributed by atoms with van der Waals surface area (Å²) in [4.78, 5) is 13.2. The SMILES string of the molecule is CC(C)Oc1ncnc(NCc2cncs2)c1N. The van der Waals surface area contributed by atoms with Crippen LogP contribution in [-0.4, -0.2) is 21.1 Å². The van der Waals surface area contributed by atoms with Gasteiger partial charge in [-0.1, -0.05) is 0 Å². The second-order valence-corrected chi connectivity index (χ2v) is 4.90. The van der Waals surface area contributed by atoms with Gasteiger partial charge in [0.05, 0.1) is 18.2 Å². The lowest BCUT2D eigenvalue weighted by molar-refractivity contribution is 0.234. The third-order valence-electron chi connectivity index (χ3n) is 2.11. The molecule has 18 heavy (non-hydrogen) atoms. The van der Waals surface area contributed by atoms with E-state index in [1.807, 2.05) is 13.8 Å². The van der Waals surface area contributed by atoms with Gasteiger partial charge in [0.1, 0.15) is 12.0 Å². The Morgan fingerprint density at radius 2 is 2.28 bits per heavy atom. The minimum Gasteiger partial charge on any atom is -0.473 e. The Labute approximate surface area is 109 Å². The van der Waals surface area contributed by atoms with Gasteiger partial charge < -0.3 is 15.8 Å². The van der Waals surface area contributed by atoms with E-state index in [1.165, 1.54) is 6.33 Å². The maximum atomic E-state index is 5.95. The normalized spacial score (nSPS) is 10.6. The summed E-state index contributed by atoms with van der Waals surface area (Å²) in [6, 6.07) is 0. The lowest BCUT2D eigenvalue weighted by Gasteiger charge is -2.13. The van der Waals surface area contributed by atoms with Crippen molar-refractivity contribution in [3.63, 3.8) is 0 Å². The standard InChI is InChI=1S/C11H15N5OS/c1-7(2)17-11-9(12)10(15-5-16-11)14-4-8-3-13-6-18-8/h3,5-7H,4,12H2,1-2H3,(H,14,15,16). The summed E-state index contributed by atoms with van der Waals surface area (Å²) in [5.74, 6) is 0.987. The highest BCUT2D eigenvalue weighted by atomic mass is 32.1. The predicted molar refractivity (Wildman–Crippen MR) is 71.6 cm³/mol. The van der Waals surface area contributed by atoms with E-state index in [9.17, 15) is 0 Å². The Morgan fingerprint density at radius 3 is 2.94 bits per heavy atom. The molecule has 7 heteroatoms. The molecule has 3 N–H and O–H groups in total. The van der Waals surface area contributed by atoms with Crippen molar-refractivity contribution in [3.8, 4) is 5.88 Å². The first-order valence-corrected chi connectivity index (χ1v) is 6.43. The lowest BCUT2D eigenvalue weighted by atomic mass is 10.4. The Kier molecular flexibility index (Phi) is 3.93. The van der Waals surface area contributed by atoms with Crippen molar-refractivity contribution < 1.29 is 4.74 Å². The molecule has 0 aliphatic carbocycles. The number of nitrogens with two attached hydrogens (primary N) is 1. The molecule has 2 aromatic heterocycles. The number of nitrogen functional groups attached to an aromatic ring is 1. The van der Waals surface area contributed by atoms with Crippen LogP contribution in [0.25, 0.3) is 0 Å². The lowest BCUT2D eigenvalue weighted by Crippen LogP contribution is -2.11. The molecular formula is C11H15N5OS. The number of anilines is 2. The van der Waals surface area contributed by atoms with Crippen LogP contribution < -0.4 is 15.8 Å². The van der Waals surface area contributed by atoms with Crippen molar-refractivity contribution in [1.82, 2.24) is 15.0 Å². The van der Waals surface area contributed by atoms with Crippen molar-refractivity contribution >= 4 is 22.8 Å². The number of ether oxygens (including phenoxy) is 1. The number of nitrogens with one attached hydrogen (secondary N) is 1. The van der Waals surface area contributed by atoms with Crippen LogP contribution in [0.1, 0.15) is 18.7 Å². The Morgan fingerprint density at radius 1 is 1.44 bits per heavy atom. The van der Waals surface area contributed by atoms with Gasteiger partial charge >= 0.3 is 0 Å². The van der Waals surface area contributed by atoms with Gasteiger partial charge in [0, 0.05) is 11.1 Å². The highest BCUT2D eigenvalue weighted by Crippen LogP contribution is 2.25. The first-order chi connectivity index (χ1) is 8.66. The van der Waals surface area contributed by atoms with Crippen LogP contribution >= 0.6 is 11.3 Å². The van der Waals surface area contributed by atoms with Crippen molar-refractivity contribution in [2.75, 3.05) is 11.1 Å². The van der Waals surface area contributed by atoms with Crippen molar-refractivity contribution in [3.05, 3.63) is 22.9 Å². The minimum absolute atomic E-state index is 0.0246. The van der Waals surface area contributed by atoms with Gasteiger partial charge in [-0.05, 0) is 13.8 Å². The number of aromatic nitrogens is 3. The van der Waals surface area contributed by atoms with Crippen molar-refractivity contribution in [1.29, 1.82) is 0 Å². The summed E-state index contributed by atoms with van der Waals surface area (Å²) >= 11 is 1.57. The number of hydrogen-bond acceptors (Lipinski definition) is 7. The predicted octanol–water partition coefficient (Wildman–Crippen LogP) is 1.91. The summed E-state index contributed by atoms with van der Waals surface area (Å²) in [5, 5.41) is 3.14. The summed E-state index contributed by atoms with van der Waals surface area (Å²) in [6.07, 6.45) is 3.26. The van der Waals surface area contributed by atoms with Gasteiger partial charge in [-0.15, -0.1) is 11.3 Å². The largest absolute Gasteiger partial charge is 0.473 e. The monoisotopic (exact) mass is 265 g/mol. The average molecular weight is 265 g/mol. The third-order valence-corrected chi connectivity index (χ3v) is 2.89.